The van der Waals surface area contributed by atoms with Gasteiger partial charge in [-0.05, 0) is 72.9 Å². The Morgan fingerprint density at radius 1 is 0.909 bits per heavy atom. The number of carboxylic acids is 2. The SMILES string of the molecule is C[C@](N)(Cc1ccc2[nH]ccc2c1)C(=O)O.C[C@](N)(Cc1ccc2c(c1)=NC(=S)N=2)C(=O)O. The first-order valence-corrected chi connectivity index (χ1v) is 10.5. The number of carboxylic acid groups (broad SMARTS) is 2. The summed E-state index contributed by atoms with van der Waals surface area (Å²) < 4.78 is 0. The lowest BCUT2D eigenvalue weighted by Gasteiger charge is -2.18. The van der Waals surface area contributed by atoms with E-state index in [4.69, 9.17) is 33.9 Å². The normalized spacial score (nSPS) is 15.8. The molecule has 2 aromatic carbocycles. The van der Waals surface area contributed by atoms with E-state index in [1.165, 1.54) is 13.8 Å². The maximum atomic E-state index is 10.9. The number of hydrogen-bond acceptors (Lipinski definition) is 5. The second kappa shape index (κ2) is 9.18. The highest BCUT2D eigenvalue weighted by Gasteiger charge is 2.28. The minimum absolute atomic E-state index is 0.234. The van der Waals surface area contributed by atoms with Gasteiger partial charge >= 0.3 is 11.9 Å². The fraction of sp³-hybridized carbons (Fsp3) is 0.261. The number of H-pyrrole nitrogens is 1. The van der Waals surface area contributed by atoms with Crippen LogP contribution in [0.4, 0.5) is 0 Å². The third-order valence-corrected chi connectivity index (χ3v) is 5.39. The summed E-state index contributed by atoms with van der Waals surface area (Å²) in [4.78, 5) is 33.0. The van der Waals surface area contributed by atoms with Gasteiger partial charge in [0.25, 0.3) is 0 Å². The molecule has 0 radical (unpaired) electrons. The van der Waals surface area contributed by atoms with E-state index in [0.29, 0.717) is 22.2 Å². The number of nitrogens with one attached hydrogen (secondary N) is 1. The van der Waals surface area contributed by atoms with E-state index in [0.717, 1.165) is 22.0 Å². The molecule has 4 rings (SSSR count). The van der Waals surface area contributed by atoms with Gasteiger partial charge in [0.15, 0.2) is 0 Å². The number of carbonyl (C=O) groups is 2. The molecule has 1 aliphatic rings. The average Bonchev–Trinajstić information content (AvgIpc) is 3.32. The van der Waals surface area contributed by atoms with Gasteiger partial charge in [-0.15, -0.1) is 0 Å². The topological polar surface area (TPSA) is 167 Å². The van der Waals surface area contributed by atoms with Crippen LogP contribution in [0.5, 0.6) is 0 Å². The molecule has 0 aliphatic carbocycles. The molecule has 0 amide bonds. The van der Waals surface area contributed by atoms with Crippen LogP contribution >= 0.6 is 12.2 Å². The van der Waals surface area contributed by atoms with Gasteiger partial charge < -0.3 is 26.7 Å². The minimum atomic E-state index is -1.29. The molecule has 2 atom stereocenters. The molecule has 3 aromatic rings. The lowest BCUT2D eigenvalue weighted by atomic mass is 9.93. The Hall–Kier alpha value is -3.47. The molecule has 1 aromatic heterocycles. The van der Waals surface area contributed by atoms with Crippen LogP contribution in [0.3, 0.4) is 0 Å². The van der Waals surface area contributed by atoms with Crippen molar-refractivity contribution in [1.82, 2.24) is 4.98 Å². The van der Waals surface area contributed by atoms with Crippen molar-refractivity contribution < 1.29 is 19.8 Å². The van der Waals surface area contributed by atoms with Gasteiger partial charge in [0.1, 0.15) is 11.1 Å². The molecule has 172 valence electrons. The summed E-state index contributed by atoms with van der Waals surface area (Å²) in [6.07, 6.45) is 2.41. The Bertz CT molecular complexity index is 1360. The molecule has 0 unspecified atom stereocenters. The van der Waals surface area contributed by atoms with E-state index in [9.17, 15) is 9.59 Å². The summed E-state index contributed by atoms with van der Waals surface area (Å²) in [5, 5.41) is 20.7. The molecule has 9 nitrogen and oxygen atoms in total. The summed E-state index contributed by atoms with van der Waals surface area (Å²) in [6, 6.07) is 13.1. The number of rotatable bonds is 6. The van der Waals surface area contributed by atoms with E-state index in [1.807, 2.05) is 30.5 Å². The highest BCUT2D eigenvalue weighted by molar-refractivity contribution is 7.80. The Morgan fingerprint density at radius 3 is 2.06 bits per heavy atom. The van der Waals surface area contributed by atoms with Crippen LogP contribution in [-0.2, 0) is 22.4 Å². The number of aromatic amines is 1. The second-order valence-corrected chi connectivity index (χ2v) is 8.89. The summed E-state index contributed by atoms with van der Waals surface area (Å²) in [6.45, 7) is 3.01. The summed E-state index contributed by atoms with van der Waals surface area (Å²) in [5.41, 5.74) is 11.7. The molecule has 0 fully saturated rings. The van der Waals surface area contributed by atoms with Gasteiger partial charge in [-0.2, -0.15) is 0 Å². The largest absolute Gasteiger partial charge is 0.480 e. The fourth-order valence-corrected chi connectivity index (χ4v) is 3.50. The lowest BCUT2D eigenvalue weighted by Crippen LogP contribution is -2.47. The molecule has 1 aliphatic heterocycles. The lowest BCUT2D eigenvalue weighted by molar-refractivity contribution is -0.143. The Kier molecular flexibility index (Phi) is 6.73. The average molecular weight is 468 g/mol. The standard InChI is InChI=1S/C12H14N2O2.C11H11N3O2S/c1-12(13,11(15)16)7-8-2-3-10-9(6-8)4-5-14-10;1-11(12,9(15)16)5-6-2-3-7-8(4-6)14-10(17)13-7/h2-6,14H,7,13H2,1H3,(H,15,16);2-4H,5,12H2,1H3,(H,15,16)/t12-;11-/m00/s1. The zero-order valence-corrected chi connectivity index (χ0v) is 19.0. The van der Waals surface area contributed by atoms with Crippen LogP contribution in [0, 0.1) is 0 Å². The quantitative estimate of drug-likeness (QED) is 0.338. The van der Waals surface area contributed by atoms with Crippen molar-refractivity contribution in [3.05, 3.63) is 70.5 Å². The summed E-state index contributed by atoms with van der Waals surface area (Å²) >= 11 is 4.87. The molecule has 7 N–H and O–H groups in total. The predicted octanol–water partition coefficient (Wildman–Crippen LogP) is 1.08. The number of nitrogens with two attached hydrogens (primary N) is 2. The van der Waals surface area contributed by atoms with Crippen molar-refractivity contribution >= 4 is 40.2 Å². The first-order chi connectivity index (χ1) is 15.4. The van der Waals surface area contributed by atoms with Gasteiger partial charge in [-0.1, -0.05) is 12.1 Å². The number of aromatic nitrogens is 1. The van der Waals surface area contributed by atoms with Crippen molar-refractivity contribution in [1.29, 1.82) is 0 Å². The maximum Gasteiger partial charge on any atom is 0.323 e. The first-order valence-electron chi connectivity index (χ1n) is 10.1. The van der Waals surface area contributed by atoms with E-state index in [1.54, 1.807) is 18.2 Å². The number of aliphatic carboxylic acids is 2. The molecule has 10 heteroatoms. The van der Waals surface area contributed by atoms with Crippen molar-refractivity contribution in [2.75, 3.05) is 0 Å². The van der Waals surface area contributed by atoms with Crippen LogP contribution in [0.1, 0.15) is 25.0 Å². The highest BCUT2D eigenvalue weighted by Crippen LogP contribution is 2.18. The van der Waals surface area contributed by atoms with Crippen molar-refractivity contribution in [2.45, 2.75) is 37.8 Å². The van der Waals surface area contributed by atoms with E-state index in [-0.39, 0.29) is 6.42 Å². The monoisotopic (exact) mass is 467 g/mol. The Morgan fingerprint density at radius 2 is 1.45 bits per heavy atom. The second-order valence-electron chi connectivity index (χ2n) is 8.53. The zero-order chi connectivity index (χ0) is 24.4. The van der Waals surface area contributed by atoms with Crippen LogP contribution < -0.4 is 22.2 Å². The zero-order valence-electron chi connectivity index (χ0n) is 18.2. The number of benzene rings is 2. The number of nitrogens with zero attached hydrogens (tertiary/aromatic N) is 2. The van der Waals surface area contributed by atoms with Gasteiger partial charge in [0, 0.05) is 24.6 Å². The van der Waals surface area contributed by atoms with Gasteiger partial charge in [0.2, 0.25) is 5.11 Å². The van der Waals surface area contributed by atoms with Crippen molar-refractivity contribution in [3.63, 3.8) is 0 Å². The molecule has 0 spiro atoms. The molecule has 0 saturated heterocycles. The van der Waals surface area contributed by atoms with Gasteiger partial charge in [0.05, 0.1) is 10.7 Å². The van der Waals surface area contributed by atoms with E-state index < -0.39 is 23.0 Å². The van der Waals surface area contributed by atoms with Crippen LogP contribution in [0.25, 0.3) is 10.9 Å². The smallest absolute Gasteiger partial charge is 0.323 e. The Labute approximate surface area is 194 Å². The predicted molar refractivity (Wildman–Crippen MR) is 128 cm³/mol. The fourth-order valence-electron chi connectivity index (χ4n) is 3.31. The van der Waals surface area contributed by atoms with Crippen LogP contribution in [0.2, 0.25) is 0 Å². The van der Waals surface area contributed by atoms with Gasteiger partial charge in [-0.25, -0.2) is 9.98 Å². The summed E-state index contributed by atoms with van der Waals surface area (Å²) in [7, 11) is 0. The molecule has 0 bridgehead atoms. The summed E-state index contributed by atoms with van der Waals surface area (Å²) in [5.74, 6) is -2.02. The highest BCUT2D eigenvalue weighted by atomic mass is 32.1. The van der Waals surface area contributed by atoms with Gasteiger partial charge in [-0.3, -0.25) is 9.59 Å². The molecule has 0 saturated carbocycles. The van der Waals surface area contributed by atoms with Crippen LogP contribution in [0.15, 0.2) is 58.6 Å². The van der Waals surface area contributed by atoms with Crippen molar-refractivity contribution in [3.8, 4) is 0 Å². The van der Waals surface area contributed by atoms with Crippen molar-refractivity contribution in [2.24, 2.45) is 21.5 Å². The Balaban J connectivity index is 0.000000186. The van der Waals surface area contributed by atoms with E-state index in [2.05, 4.69) is 15.0 Å². The first kappa shape index (κ1) is 24.2. The number of fused-ring (bicyclic) bond motifs is 2. The molecular formula is C23H25N5O4S. The van der Waals surface area contributed by atoms with Crippen LogP contribution in [-0.4, -0.2) is 43.3 Å². The molecule has 2 heterocycles. The third-order valence-electron chi connectivity index (χ3n) is 5.21. The molecular weight excluding hydrogens is 442 g/mol. The number of thiocarbonyl (C=S) groups is 1. The molecule has 33 heavy (non-hydrogen) atoms. The maximum absolute atomic E-state index is 10.9. The van der Waals surface area contributed by atoms with E-state index >= 15 is 0 Å². The minimum Gasteiger partial charge on any atom is -0.480 e. The number of hydrogen-bond donors (Lipinski definition) is 5. The third kappa shape index (κ3) is 5.86.